The van der Waals surface area contributed by atoms with Gasteiger partial charge in [-0.2, -0.15) is 0 Å². The van der Waals surface area contributed by atoms with E-state index in [-0.39, 0.29) is 0 Å². The van der Waals surface area contributed by atoms with Gasteiger partial charge in [-0.3, -0.25) is 4.79 Å². The zero-order valence-electron chi connectivity index (χ0n) is 11.1. The fourth-order valence-electron chi connectivity index (χ4n) is 1.51. The molecule has 4 heteroatoms. The van der Waals surface area contributed by atoms with Crippen molar-refractivity contribution < 1.29 is 19.1 Å². The molecule has 0 aliphatic rings. The van der Waals surface area contributed by atoms with Crippen molar-refractivity contribution in [2.24, 2.45) is 0 Å². The number of unbranched alkanes of at least 4 members (excludes halogenated alkanes) is 6. The fraction of sp³-hybridized carbons (Fsp3) is 0.714. The van der Waals surface area contributed by atoms with Crippen LogP contribution >= 0.6 is 0 Å². The van der Waals surface area contributed by atoms with Crippen molar-refractivity contribution >= 4 is 12.3 Å². The molecule has 0 aliphatic heterocycles. The lowest BCUT2D eigenvalue weighted by atomic mass is 10.1. The average molecular weight is 257 g/mol. The molecule has 18 heavy (non-hydrogen) atoms. The monoisotopic (exact) mass is 257 g/mol. The SMILES string of the molecule is C=CC(=O)OCCOCCCCCCCCC=[OH+]. The van der Waals surface area contributed by atoms with Gasteiger partial charge in [0.15, 0.2) is 0 Å². The quantitative estimate of drug-likeness (QED) is 0.167. The molecule has 0 heterocycles. The number of hydrogen-bond acceptors (Lipinski definition) is 3. The summed E-state index contributed by atoms with van der Waals surface area (Å²) in [6.45, 7) is 4.77. The molecule has 0 radical (unpaired) electrons. The van der Waals surface area contributed by atoms with Gasteiger partial charge in [0.05, 0.1) is 13.0 Å². The molecule has 0 fully saturated rings. The molecule has 0 unspecified atom stereocenters. The van der Waals surface area contributed by atoms with Crippen LogP contribution in [0.25, 0.3) is 0 Å². The smallest absolute Gasteiger partial charge is 0.330 e. The Morgan fingerprint density at radius 1 is 1.00 bits per heavy atom. The predicted octanol–water partition coefficient (Wildman–Crippen LogP) is 2.64. The highest BCUT2D eigenvalue weighted by Gasteiger charge is 1.95. The zero-order valence-corrected chi connectivity index (χ0v) is 11.1. The van der Waals surface area contributed by atoms with Crippen LogP contribution in [0.4, 0.5) is 0 Å². The van der Waals surface area contributed by atoms with Crippen molar-refractivity contribution in [3.63, 3.8) is 0 Å². The van der Waals surface area contributed by atoms with E-state index in [1.807, 2.05) is 0 Å². The van der Waals surface area contributed by atoms with Crippen molar-refractivity contribution in [2.75, 3.05) is 19.8 Å². The van der Waals surface area contributed by atoms with E-state index in [2.05, 4.69) is 6.58 Å². The number of aldehydes is 1. The lowest BCUT2D eigenvalue weighted by Crippen LogP contribution is -2.08. The largest absolute Gasteiger partial charge is 0.460 e. The van der Waals surface area contributed by atoms with Gasteiger partial charge in [0.2, 0.25) is 0 Å². The molecule has 104 valence electrons. The third-order valence-corrected chi connectivity index (χ3v) is 2.51. The van der Waals surface area contributed by atoms with Gasteiger partial charge in [-0.1, -0.05) is 32.3 Å². The van der Waals surface area contributed by atoms with Crippen molar-refractivity contribution in [2.45, 2.75) is 44.9 Å². The molecule has 0 bridgehead atoms. The molecule has 0 amide bonds. The molecule has 4 nitrogen and oxygen atoms in total. The first-order valence-electron chi connectivity index (χ1n) is 6.64. The first-order valence-corrected chi connectivity index (χ1v) is 6.64. The van der Waals surface area contributed by atoms with Gasteiger partial charge in [-0.05, 0) is 12.8 Å². The minimum absolute atomic E-state index is 0.294. The Morgan fingerprint density at radius 2 is 1.67 bits per heavy atom. The third kappa shape index (κ3) is 12.9. The van der Waals surface area contributed by atoms with Crippen LogP contribution in [0, 0.1) is 0 Å². The molecule has 0 saturated carbocycles. The van der Waals surface area contributed by atoms with Gasteiger partial charge in [0, 0.05) is 12.7 Å². The maximum Gasteiger partial charge on any atom is 0.330 e. The Labute approximate surface area is 109 Å². The standard InChI is InChI=1S/C14H24O4/c1-2-14(16)18-13-12-17-11-9-7-5-3-4-6-8-10-15/h2,10H,1,3-9,11-13H2/p+1. The highest BCUT2D eigenvalue weighted by molar-refractivity contribution is 5.81. The lowest BCUT2D eigenvalue weighted by molar-refractivity contribution is -0.139. The summed E-state index contributed by atoms with van der Waals surface area (Å²) in [4.78, 5) is 19.2. The molecule has 0 aromatic rings. The average Bonchev–Trinajstić information content (AvgIpc) is 2.39. The molecule has 0 aliphatic carbocycles. The lowest BCUT2D eigenvalue weighted by Gasteiger charge is -2.04. The van der Waals surface area contributed by atoms with E-state index in [1.54, 1.807) is 0 Å². The first-order chi connectivity index (χ1) is 8.81. The number of ether oxygens (including phenoxy) is 2. The summed E-state index contributed by atoms with van der Waals surface area (Å²) in [6.07, 6.45) is 10.0. The summed E-state index contributed by atoms with van der Waals surface area (Å²) in [5.74, 6) is -0.404. The summed E-state index contributed by atoms with van der Waals surface area (Å²) in [5, 5.41) is 0. The number of esters is 1. The zero-order chi connectivity index (χ0) is 13.5. The number of carbonyl (C=O) groups is 1. The van der Waals surface area contributed by atoms with E-state index in [0.717, 1.165) is 38.4 Å². The van der Waals surface area contributed by atoms with Crippen LogP contribution in [0.15, 0.2) is 12.7 Å². The minimum Gasteiger partial charge on any atom is -0.460 e. The highest BCUT2D eigenvalue weighted by Crippen LogP contribution is 2.06. The van der Waals surface area contributed by atoms with Gasteiger partial charge in [-0.25, -0.2) is 4.79 Å². The van der Waals surface area contributed by atoms with Gasteiger partial charge < -0.3 is 9.47 Å². The van der Waals surface area contributed by atoms with E-state index >= 15 is 0 Å². The van der Waals surface area contributed by atoms with Crippen LogP contribution in [0.1, 0.15) is 44.9 Å². The molecule has 0 atom stereocenters. The highest BCUT2D eigenvalue weighted by atomic mass is 16.6. The van der Waals surface area contributed by atoms with Crippen molar-refractivity contribution in [3.05, 3.63) is 12.7 Å². The maximum atomic E-state index is 10.7. The summed E-state index contributed by atoms with van der Waals surface area (Å²) >= 11 is 0. The maximum absolute atomic E-state index is 10.7. The van der Waals surface area contributed by atoms with E-state index in [4.69, 9.17) is 14.3 Å². The van der Waals surface area contributed by atoms with Gasteiger partial charge in [0.1, 0.15) is 6.61 Å². The number of rotatable bonds is 13. The molecule has 1 N–H and O–H groups in total. The van der Waals surface area contributed by atoms with Crippen LogP contribution < -0.4 is 0 Å². The van der Waals surface area contributed by atoms with Crippen LogP contribution in [-0.2, 0) is 14.3 Å². The van der Waals surface area contributed by atoms with Crippen molar-refractivity contribution in [1.82, 2.24) is 0 Å². The van der Waals surface area contributed by atoms with E-state index in [1.165, 1.54) is 25.5 Å². The van der Waals surface area contributed by atoms with Gasteiger partial charge in [-0.15, -0.1) is 0 Å². The van der Waals surface area contributed by atoms with Crippen LogP contribution in [-0.4, -0.2) is 36.9 Å². The molecule has 0 spiro atoms. The summed E-state index contributed by atoms with van der Waals surface area (Å²) in [6, 6.07) is 0. The molecular formula is C14H25O4+. The number of hydrogen-bond donors (Lipinski definition) is 0. The molecule has 0 saturated heterocycles. The van der Waals surface area contributed by atoms with Crippen LogP contribution in [0.5, 0.6) is 0 Å². The van der Waals surface area contributed by atoms with Gasteiger partial charge >= 0.3 is 5.97 Å². The molecule has 0 aromatic heterocycles. The Bertz CT molecular complexity index is 226. The molecular weight excluding hydrogens is 232 g/mol. The second-order valence-electron chi connectivity index (χ2n) is 4.08. The minimum atomic E-state index is -0.404. The van der Waals surface area contributed by atoms with Crippen LogP contribution in [0.3, 0.4) is 0 Å². The van der Waals surface area contributed by atoms with Crippen molar-refractivity contribution in [1.29, 1.82) is 0 Å². The van der Waals surface area contributed by atoms with Gasteiger partial charge in [0.25, 0.3) is 6.29 Å². The Morgan fingerprint density at radius 3 is 2.33 bits per heavy atom. The Balaban J connectivity index is 3.00. The Hall–Kier alpha value is -1.16. The van der Waals surface area contributed by atoms with Crippen LogP contribution in [0.2, 0.25) is 0 Å². The van der Waals surface area contributed by atoms with E-state index in [9.17, 15) is 4.79 Å². The third-order valence-electron chi connectivity index (χ3n) is 2.51. The second-order valence-corrected chi connectivity index (χ2v) is 4.08. The normalized spacial score (nSPS) is 10.0. The van der Waals surface area contributed by atoms with E-state index < -0.39 is 5.97 Å². The molecule has 0 rings (SSSR count). The fourth-order valence-corrected chi connectivity index (χ4v) is 1.51. The second kappa shape index (κ2) is 13.9. The molecule has 0 aromatic carbocycles. The van der Waals surface area contributed by atoms with E-state index in [0.29, 0.717) is 13.2 Å². The van der Waals surface area contributed by atoms with Crippen molar-refractivity contribution in [3.8, 4) is 0 Å². The summed E-state index contributed by atoms with van der Waals surface area (Å²) in [7, 11) is 0. The predicted molar refractivity (Wildman–Crippen MR) is 72.3 cm³/mol. The topological polar surface area (TPSA) is 56.9 Å². The Kier molecular flexibility index (Phi) is 13.0. The number of carbonyl (C=O) groups excluding carboxylic acids is 2. The first kappa shape index (κ1) is 16.8. The summed E-state index contributed by atoms with van der Waals surface area (Å²) < 4.78 is 10.1. The summed E-state index contributed by atoms with van der Waals surface area (Å²) in [5.41, 5.74) is 0.